The number of nitrogens with zero attached hydrogens (tertiary/aromatic N) is 2. The maximum Gasteiger partial charge on any atom is 0.295 e. The Labute approximate surface area is 248 Å². The normalized spacial score (nSPS) is 16.4. The van der Waals surface area contributed by atoms with Crippen molar-refractivity contribution in [2.75, 3.05) is 6.54 Å². The molecule has 1 N–H and O–H groups in total. The fourth-order valence-electron chi connectivity index (χ4n) is 5.51. The third-order valence-electron chi connectivity index (χ3n) is 7.81. The summed E-state index contributed by atoms with van der Waals surface area (Å²) >= 11 is 5.98. The van der Waals surface area contributed by atoms with Gasteiger partial charge in [0.25, 0.3) is 17.4 Å². The zero-order valence-electron chi connectivity index (χ0n) is 24.2. The minimum absolute atomic E-state index is 0.0665. The fraction of sp³-hybridized carbons (Fsp3) is 0.515. The van der Waals surface area contributed by atoms with Gasteiger partial charge in [-0.15, -0.1) is 0 Å². The summed E-state index contributed by atoms with van der Waals surface area (Å²) in [6.07, 6.45) is 16.9. The number of nitro benzene ring substituents is 1. The van der Waals surface area contributed by atoms with Gasteiger partial charge in [-0.2, -0.15) is 0 Å². The van der Waals surface area contributed by atoms with Crippen LogP contribution in [0.5, 0.6) is 0 Å². The number of Topliss-reactive ketones (excluding diaryl/α,β-unsaturated/α-hetero) is 1. The first-order valence-electron chi connectivity index (χ1n) is 15.1. The number of amides is 1. The number of hydrogen-bond donors (Lipinski definition) is 1. The number of non-ortho nitro benzene ring substituents is 1. The summed E-state index contributed by atoms with van der Waals surface area (Å²) in [6.45, 7) is 2.57. The van der Waals surface area contributed by atoms with Crippen LogP contribution in [0, 0.1) is 10.1 Å². The molecule has 0 spiro atoms. The van der Waals surface area contributed by atoms with E-state index in [1.807, 2.05) is 0 Å². The van der Waals surface area contributed by atoms with Gasteiger partial charge in [0.15, 0.2) is 0 Å². The second-order valence-corrected chi connectivity index (χ2v) is 11.4. The minimum atomic E-state index is -0.910. The summed E-state index contributed by atoms with van der Waals surface area (Å²) in [5, 5.41) is 23.0. The molecule has 1 aliphatic rings. The summed E-state index contributed by atoms with van der Waals surface area (Å²) in [5.74, 6) is -1.81. The Morgan fingerprint density at radius 3 is 1.93 bits per heavy atom. The van der Waals surface area contributed by atoms with Gasteiger partial charge in [-0.05, 0) is 36.2 Å². The van der Waals surface area contributed by atoms with Crippen LogP contribution in [0.15, 0.2) is 54.1 Å². The molecule has 7 nitrogen and oxygen atoms in total. The summed E-state index contributed by atoms with van der Waals surface area (Å²) in [4.78, 5) is 38.7. The molecule has 1 atom stereocenters. The molecule has 0 aliphatic carbocycles. The molecule has 0 unspecified atom stereocenters. The van der Waals surface area contributed by atoms with Gasteiger partial charge in [0.05, 0.1) is 16.5 Å². The van der Waals surface area contributed by atoms with Crippen molar-refractivity contribution >= 4 is 34.7 Å². The number of aliphatic hydroxyl groups is 1. The molecule has 2 aromatic rings. The maximum absolute atomic E-state index is 13.2. The Morgan fingerprint density at radius 2 is 1.39 bits per heavy atom. The highest BCUT2D eigenvalue weighted by Crippen LogP contribution is 2.40. The van der Waals surface area contributed by atoms with Crippen molar-refractivity contribution in [3.05, 3.63) is 80.4 Å². The molecule has 1 saturated heterocycles. The predicted octanol–water partition coefficient (Wildman–Crippen LogP) is 9.15. The first-order valence-corrected chi connectivity index (χ1v) is 15.5. The molecule has 1 fully saturated rings. The van der Waals surface area contributed by atoms with Crippen molar-refractivity contribution in [3.63, 3.8) is 0 Å². The zero-order chi connectivity index (χ0) is 29.6. The van der Waals surface area contributed by atoms with Crippen LogP contribution in [-0.2, 0) is 9.59 Å². The molecular weight excluding hydrogens is 540 g/mol. The number of halogens is 1. The van der Waals surface area contributed by atoms with E-state index in [9.17, 15) is 24.8 Å². The van der Waals surface area contributed by atoms with Crippen molar-refractivity contribution in [2.45, 2.75) is 103 Å². The predicted molar refractivity (Wildman–Crippen MR) is 164 cm³/mol. The van der Waals surface area contributed by atoms with Gasteiger partial charge in [0.2, 0.25) is 0 Å². The molecule has 0 bridgehead atoms. The van der Waals surface area contributed by atoms with Crippen LogP contribution >= 0.6 is 11.6 Å². The van der Waals surface area contributed by atoms with E-state index in [4.69, 9.17) is 11.6 Å². The lowest BCUT2D eigenvalue weighted by atomic mass is 9.95. The third kappa shape index (κ3) is 9.42. The molecule has 1 heterocycles. The van der Waals surface area contributed by atoms with E-state index >= 15 is 0 Å². The number of unbranched alkanes of at least 4 members (excludes halogenated alkanes) is 13. The smallest absolute Gasteiger partial charge is 0.295 e. The van der Waals surface area contributed by atoms with E-state index < -0.39 is 22.7 Å². The summed E-state index contributed by atoms with van der Waals surface area (Å²) in [6, 6.07) is 11.3. The molecular formula is C33H43ClN2O5. The standard InChI is InChI=1S/C33H43ClN2O5/c1-2-3-4-5-6-7-8-9-10-11-12-13-14-15-23-35-30(26-17-16-18-28(24-26)36(40)41)29(32(38)33(35)39)31(37)25-19-21-27(34)22-20-25/h16-22,24,30,37H,2-15,23H2,1H3/b31-29+/t30-/m0/s1. The van der Waals surface area contributed by atoms with Crippen LogP contribution < -0.4 is 0 Å². The van der Waals surface area contributed by atoms with Crippen LogP contribution in [0.3, 0.4) is 0 Å². The molecule has 2 aromatic carbocycles. The summed E-state index contributed by atoms with van der Waals surface area (Å²) in [7, 11) is 0. The van der Waals surface area contributed by atoms with Crippen LogP contribution in [0.1, 0.15) is 114 Å². The van der Waals surface area contributed by atoms with E-state index in [0.29, 0.717) is 29.1 Å². The molecule has 0 aromatic heterocycles. The van der Waals surface area contributed by atoms with Gasteiger partial charge >= 0.3 is 0 Å². The lowest BCUT2D eigenvalue weighted by Gasteiger charge is -2.25. The van der Waals surface area contributed by atoms with Gasteiger partial charge < -0.3 is 10.0 Å². The van der Waals surface area contributed by atoms with Crippen LogP contribution in [0.2, 0.25) is 5.02 Å². The Morgan fingerprint density at radius 1 is 0.854 bits per heavy atom. The highest BCUT2D eigenvalue weighted by molar-refractivity contribution is 6.46. The molecule has 0 radical (unpaired) electrons. The highest BCUT2D eigenvalue weighted by Gasteiger charge is 2.46. The van der Waals surface area contributed by atoms with Crippen molar-refractivity contribution in [1.29, 1.82) is 0 Å². The average molecular weight is 583 g/mol. The van der Waals surface area contributed by atoms with Crippen molar-refractivity contribution < 1.29 is 19.6 Å². The van der Waals surface area contributed by atoms with Crippen molar-refractivity contribution in [2.24, 2.45) is 0 Å². The summed E-state index contributed by atoms with van der Waals surface area (Å²) in [5.41, 5.74) is 0.554. The first-order chi connectivity index (χ1) is 19.8. The second-order valence-electron chi connectivity index (χ2n) is 10.9. The van der Waals surface area contributed by atoms with Gasteiger partial charge in [-0.25, -0.2) is 0 Å². The first kappa shape index (κ1) is 32.3. The maximum atomic E-state index is 13.2. The molecule has 41 heavy (non-hydrogen) atoms. The quantitative estimate of drug-likeness (QED) is 0.0471. The number of benzene rings is 2. The Balaban J connectivity index is 1.59. The monoisotopic (exact) mass is 582 g/mol. The SMILES string of the molecule is CCCCCCCCCCCCCCCCN1C(=O)C(=O)/C(=C(/O)c2ccc(Cl)cc2)[C@@H]1c1cccc([N+](=O)[O-])c1. The Bertz CT molecular complexity index is 1190. The topological polar surface area (TPSA) is 101 Å². The van der Waals surface area contributed by atoms with Gasteiger partial charge in [0.1, 0.15) is 5.76 Å². The number of likely N-dealkylation sites (tertiary alicyclic amines) is 1. The Hall–Kier alpha value is -3.19. The molecule has 222 valence electrons. The van der Waals surface area contributed by atoms with Crippen LogP contribution in [0.25, 0.3) is 5.76 Å². The van der Waals surface area contributed by atoms with Crippen LogP contribution in [-0.4, -0.2) is 33.2 Å². The average Bonchev–Trinajstić information content (AvgIpc) is 3.22. The second kappa shape index (κ2) is 16.9. The molecule has 1 amide bonds. The lowest BCUT2D eigenvalue weighted by molar-refractivity contribution is -0.384. The molecule has 0 saturated carbocycles. The number of aliphatic hydroxyl groups excluding tert-OH is 1. The van der Waals surface area contributed by atoms with E-state index in [-0.39, 0.29) is 17.0 Å². The van der Waals surface area contributed by atoms with E-state index in [1.165, 1.54) is 87.3 Å². The molecule has 3 rings (SSSR count). The molecule has 1 aliphatic heterocycles. The van der Waals surface area contributed by atoms with Crippen molar-refractivity contribution in [3.8, 4) is 0 Å². The summed E-state index contributed by atoms with van der Waals surface area (Å²) < 4.78 is 0. The van der Waals surface area contributed by atoms with E-state index in [1.54, 1.807) is 30.3 Å². The largest absolute Gasteiger partial charge is 0.507 e. The molecule has 8 heteroatoms. The van der Waals surface area contributed by atoms with Gasteiger partial charge in [-0.3, -0.25) is 19.7 Å². The number of hydrogen-bond acceptors (Lipinski definition) is 5. The number of carbonyl (C=O) groups excluding carboxylic acids is 2. The van der Waals surface area contributed by atoms with Crippen molar-refractivity contribution in [1.82, 2.24) is 4.90 Å². The zero-order valence-corrected chi connectivity index (χ0v) is 24.9. The third-order valence-corrected chi connectivity index (χ3v) is 8.06. The van der Waals surface area contributed by atoms with Gasteiger partial charge in [0, 0.05) is 29.3 Å². The number of ketones is 1. The lowest BCUT2D eigenvalue weighted by Crippen LogP contribution is -2.30. The number of carbonyl (C=O) groups is 2. The fourth-order valence-corrected chi connectivity index (χ4v) is 5.63. The van der Waals surface area contributed by atoms with Gasteiger partial charge in [-0.1, -0.05) is 114 Å². The minimum Gasteiger partial charge on any atom is -0.507 e. The van der Waals surface area contributed by atoms with E-state index in [2.05, 4.69) is 6.92 Å². The number of nitro groups is 1. The highest BCUT2D eigenvalue weighted by atomic mass is 35.5. The Kier molecular flexibility index (Phi) is 13.3. The van der Waals surface area contributed by atoms with E-state index in [0.717, 1.165) is 19.3 Å². The van der Waals surface area contributed by atoms with Crippen LogP contribution in [0.4, 0.5) is 5.69 Å². The number of rotatable bonds is 18.